The molecule has 0 bridgehead atoms. The van der Waals surface area contributed by atoms with Crippen molar-refractivity contribution in [3.63, 3.8) is 0 Å². The van der Waals surface area contributed by atoms with E-state index in [2.05, 4.69) is 5.32 Å². The highest BCUT2D eigenvalue weighted by atomic mass is 16.5. The summed E-state index contributed by atoms with van der Waals surface area (Å²) in [5.41, 5.74) is 1.81. The van der Waals surface area contributed by atoms with Crippen LogP contribution in [0.5, 0.6) is 5.75 Å². The molecule has 158 valence electrons. The summed E-state index contributed by atoms with van der Waals surface area (Å²) >= 11 is 0. The monoisotopic (exact) mass is 411 g/mol. The quantitative estimate of drug-likeness (QED) is 0.536. The van der Waals surface area contributed by atoms with Gasteiger partial charge in [-0.1, -0.05) is 18.2 Å². The SMILES string of the molecule is CCOCc1cc(C(=O)OCC(=O)N[C@H](C)c2cc3ccccc3o2)ccc1OC. The number of hydrogen-bond donors (Lipinski definition) is 1. The molecule has 0 spiro atoms. The van der Waals surface area contributed by atoms with Crippen molar-refractivity contribution in [2.24, 2.45) is 0 Å². The molecule has 0 saturated heterocycles. The van der Waals surface area contributed by atoms with E-state index in [1.807, 2.05) is 37.3 Å². The topological polar surface area (TPSA) is 87.0 Å². The van der Waals surface area contributed by atoms with Crippen molar-refractivity contribution >= 4 is 22.8 Å². The number of rotatable bonds is 9. The van der Waals surface area contributed by atoms with E-state index in [1.54, 1.807) is 32.2 Å². The Hall–Kier alpha value is -3.32. The Kier molecular flexibility index (Phi) is 7.08. The van der Waals surface area contributed by atoms with Crippen molar-refractivity contribution in [2.75, 3.05) is 20.3 Å². The van der Waals surface area contributed by atoms with Crippen LogP contribution < -0.4 is 10.1 Å². The van der Waals surface area contributed by atoms with Gasteiger partial charge in [-0.3, -0.25) is 4.79 Å². The fraction of sp³-hybridized carbons (Fsp3) is 0.304. The normalized spacial score (nSPS) is 11.8. The Bertz CT molecular complexity index is 992. The largest absolute Gasteiger partial charge is 0.496 e. The highest BCUT2D eigenvalue weighted by molar-refractivity contribution is 5.91. The number of furan rings is 1. The molecular formula is C23H25NO6. The van der Waals surface area contributed by atoms with Crippen molar-refractivity contribution in [2.45, 2.75) is 26.5 Å². The number of ether oxygens (including phenoxy) is 3. The van der Waals surface area contributed by atoms with Crippen LogP contribution >= 0.6 is 0 Å². The van der Waals surface area contributed by atoms with Gasteiger partial charge in [0, 0.05) is 17.6 Å². The predicted octanol–water partition coefficient (Wildman–Crippen LogP) is 4.01. The molecule has 0 fully saturated rings. The molecule has 2 aromatic carbocycles. The van der Waals surface area contributed by atoms with Gasteiger partial charge in [0.15, 0.2) is 6.61 Å². The average Bonchev–Trinajstić information content (AvgIpc) is 3.20. The first kappa shape index (κ1) is 21.4. The molecule has 0 unspecified atom stereocenters. The summed E-state index contributed by atoms with van der Waals surface area (Å²) in [4.78, 5) is 24.6. The zero-order valence-electron chi connectivity index (χ0n) is 17.3. The molecule has 0 saturated carbocycles. The molecule has 30 heavy (non-hydrogen) atoms. The number of esters is 1. The molecule has 3 aromatic rings. The van der Waals surface area contributed by atoms with E-state index >= 15 is 0 Å². The summed E-state index contributed by atoms with van der Waals surface area (Å²) in [6, 6.07) is 14.0. The molecule has 1 atom stereocenters. The number of amides is 1. The summed E-state index contributed by atoms with van der Waals surface area (Å²) in [6.45, 7) is 4.16. The molecule has 0 aliphatic rings. The third kappa shape index (κ3) is 5.18. The number of carbonyl (C=O) groups excluding carboxylic acids is 2. The Balaban J connectivity index is 1.56. The second-order valence-electron chi connectivity index (χ2n) is 6.72. The Morgan fingerprint density at radius 2 is 1.93 bits per heavy atom. The fourth-order valence-electron chi connectivity index (χ4n) is 3.01. The summed E-state index contributed by atoms with van der Waals surface area (Å²) in [5.74, 6) is 0.241. The van der Waals surface area contributed by atoms with Gasteiger partial charge in [0.1, 0.15) is 17.1 Å². The first-order valence-electron chi connectivity index (χ1n) is 9.71. The summed E-state index contributed by atoms with van der Waals surface area (Å²) in [7, 11) is 1.55. The minimum atomic E-state index is -0.595. The van der Waals surface area contributed by atoms with E-state index < -0.39 is 18.5 Å². The third-order valence-electron chi connectivity index (χ3n) is 4.56. The minimum absolute atomic E-state index is 0.316. The standard InChI is InChI=1S/C23H25NO6/c1-4-28-13-18-11-17(9-10-19(18)27-3)23(26)29-14-22(25)24-15(2)21-12-16-7-5-6-8-20(16)30-21/h5-12,15H,4,13-14H2,1-3H3,(H,24,25)/t15-/m1/s1. The van der Waals surface area contributed by atoms with Crippen LogP contribution in [0, 0.1) is 0 Å². The van der Waals surface area contributed by atoms with Gasteiger partial charge >= 0.3 is 5.97 Å². The number of fused-ring (bicyclic) bond motifs is 1. The van der Waals surface area contributed by atoms with E-state index in [4.69, 9.17) is 18.6 Å². The van der Waals surface area contributed by atoms with Crippen molar-refractivity contribution in [1.82, 2.24) is 5.32 Å². The number of para-hydroxylation sites is 1. The molecule has 1 N–H and O–H groups in total. The van der Waals surface area contributed by atoms with Gasteiger partial charge in [-0.2, -0.15) is 0 Å². The lowest BCUT2D eigenvalue weighted by molar-refractivity contribution is -0.125. The van der Waals surface area contributed by atoms with Gasteiger partial charge in [0.25, 0.3) is 5.91 Å². The summed E-state index contributed by atoms with van der Waals surface area (Å²) < 4.78 is 21.6. The van der Waals surface area contributed by atoms with Gasteiger partial charge < -0.3 is 23.9 Å². The van der Waals surface area contributed by atoms with Crippen molar-refractivity contribution < 1.29 is 28.2 Å². The fourth-order valence-corrected chi connectivity index (χ4v) is 3.01. The van der Waals surface area contributed by atoms with Crippen LogP contribution in [0.4, 0.5) is 0 Å². The van der Waals surface area contributed by atoms with Gasteiger partial charge in [-0.25, -0.2) is 4.79 Å². The smallest absolute Gasteiger partial charge is 0.338 e. The molecule has 1 aromatic heterocycles. The molecule has 0 radical (unpaired) electrons. The van der Waals surface area contributed by atoms with Gasteiger partial charge in [0.05, 0.1) is 25.3 Å². The lowest BCUT2D eigenvalue weighted by Gasteiger charge is -2.13. The highest BCUT2D eigenvalue weighted by Gasteiger charge is 2.17. The highest BCUT2D eigenvalue weighted by Crippen LogP contribution is 2.24. The predicted molar refractivity (Wildman–Crippen MR) is 111 cm³/mol. The molecule has 7 nitrogen and oxygen atoms in total. The molecule has 1 amide bonds. The van der Waals surface area contributed by atoms with Crippen LogP contribution in [-0.4, -0.2) is 32.2 Å². The number of hydrogen-bond acceptors (Lipinski definition) is 6. The molecule has 3 rings (SSSR count). The van der Waals surface area contributed by atoms with E-state index in [0.717, 1.165) is 16.5 Å². The van der Waals surface area contributed by atoms with Crippen LogP contribution in [0.3, 0.4) is 0 Å². The minimum Gasteiger partial charge on any atom is -0.496 e. The van der Waals surface area contributed by atoms with Gasteiger partial charge in [-0.15, -0.1) is 0 Å². The van der Waals surface area contributed by atoms with Crippen LogP contribution in [0.15, 0.2) is 52.9 Å². The lowest BCUT2D eigenvalue weighted by Crippen LogP contribution is -2.31. The second-order valence-corrected chi connectivity index (χ2v) is 6.72. The molecule has 7 heteroatoms. The van der Waals surface area contributed by atoms with Crippen molar-refractivity contribution in [3.8, 4) is 5.75 Å². The second kappa shape index (κ2) is 9.93. The molecule has 1 heterocycles. The van der Waals surface area contributed by atoms with Crippen molar-refractivity contribution in [3.05, 3.63) is 65.4 Å². The maximum Gasteiger partial charge on any atom is 0.338 e. The summed E-state index contributed by atoms with van der Waals surface area (Å²) in [5, 5.41) is 3.73. The Labute approximate surface area is 174 Å². The maximum absolute atomic E-state index is 12.3. The number of nitrogens with one attached hydrogen (secondary N) is 1. The number of methoxy groups -OCH3 is 1. The Morgan fingerprint density at radius 3 is 2.67 bits per heavy atom. The molecule has 0 aliphatic carbocycles. The lowest BCUT2D eigenvalue weighted by atomic mass is 10.1. The van der Waals surface area contributed by atoms with Crippen LogP contribution in [0.1, 0.15) is 41.6 Å². The van der Waals surface area contributed by atoms with E-state index in [1.165, 1.54) is 0 Å². The van der Waals surface area contributed by atoms with Crippen molar-refractivity contribution in [1.29, 1.82) is 0 Å². The zero-order chi connectivity index (χ0) is 21.5. The van der Waals surface area contributed by atoms with Crippen LogP contribution in [-0.2, 0) is 20.9 Å². The van der Waals surface area contributed by atoms with E-state index in [-0.39, 0.29) is 6.04 Å². The zero-order valence-corrected chi connectivity index (χ0v) is 17.3. The van der Waals surface area contributed by atoms with Crippen LogP contribution in [0.25, 0.3) is 11.0 Å². The van der Waals surface area contributed by atoms with E-state index in [0.29, 0.717) is 30.3 Å². The molecule has 0 aliphatic heterocycles. The van der Waals surface area contributed by atoms with Gasteiger partial charge in [0.2, 0.25) is 0 Å². The average molecular weight is 411 g/mol. The van der Waals surface area contributed by atoms with E-state index in [9.17, 15) is 9.59 Å². The molecular weight excluding hydrogens is 386 g/mol. The first-order valence-corrected chi connectivity index (χ1v) is 9.71. The van der Waals surface area contributed by atoms with Crippen LogP contribution in [0.2, 0.25) is 0 Å². The Morgan fingerprint density at radius 1 is 1.13 bits per heavy atom. The first-order chi connectivity index (χ1) is 14.5. The number of carbonyl (C=O) groups is 2. The maximum atomic E-state index is 12.3. The third-order valence-corrected chi connectivity index (χ3v) is 4.56. The van der Waals surface area contributed by atoms with Gasteiger partial charge in [-0.05, 0) is 44.2 Å². The summed E-state index contributed by atoms with van der Waals surface area (Å²) in [6.07, 6.45) is 0. The number of benzene rings is 2.